The Balaban J connectivity index is 1.61. The second-order valence-corrected chi connectivity index (χ2v) is 13.0. The summed E-state index contributed by atoms with van der Waals surface area (Å²) in [6, 6.07) is 8.13. The number of carbonyl (C=O) groups is 2. The van der Waals surface area contributed by atoms with Crippen LogP contribution >= 0.6 is 27.3 Å². The van der Waals surface area contributed by atoms with Crippen LogP contribution in [0.5, 0.6) is 0 Å². The molecule has 8 heteroatoms. The van der Waals surface area contributed by atoms with Crippen molar-refractivity contribution in [1.29, 1.82) is 0 Å². The molecule has 1 saturated carbocycles. The SMILES string of the molecule is Cc1ccc(C(=O)NCCO/N=C2\C[C@H]3[C@](C)(C(=O)O)CCC[C@]3(C)c3cc(Br)c(C(C)C)cc32)s1. The predicted molar refractivity (Wildman–Crippen MR) is 147 cm³/mol. The smallest absolute Gasteiger partial charge is 0.309 e. The lowest BCUT2D eigenvalue weighted by atomic mass is 9.49. The summed E-state index contributed by atoms with van der Waals surface area (Å²) in [5, 5.41) is 17.6. The summed E-state index contributed by atoms with van der Waals surface area (Å²) >= 11 is 5.23. The second-order valence-electron chi connectivity index (χ2n) is 10.9. The molecule has 2 aromatic rings. The van der Waals surface area contributed by atoms with Crippen LogP contribution in [-0.4, -0.2) is 35.8 Å². The Kier molecular flexibility index (Phi) is 7.68. The van der Waals surface area contributed by atoms with Gasteiger partial charge >= 0.3 is 5.97 Å². The molecular weight excluding hydrogens is 540 g/mol. The van der Waals surface area contributed by atoms with E-state index in [1.54, 1.807) is 0 Å². The van der Waals surface area contributed by atoms with Crippen LogP contribution in [0.15, 0.2) is 33.9 Å². The molecule has 6 nitrogen and oxygen atoms in total. The minimum atomic E-state index is -0.832. The van der Waals surface area contributed by atoms with Crippen molar-refractivity contribution in [3.8, 4) is 0 Å². The molecule has 36 heavy (non-hydrogen) atoms. The average molecular weight is 576 g/mol. The third-order valence-electron chi connectivity index (χ3n) is 8.12. The van der Waals surface area contributed by atoms with Gasteiger partial charge in [0.2, 0.25) is 0 Å². The van der Waals surface area contributed by atoms with Gasteiger partial charge in [-0.3, -0.25) is 9.59 Å². The summed E-state index contributed by atoms with van der Waals surface area (Å²) in [6.07, 6.45) is 3.03. The molecule has 4 rings (SSSR count). The number of nitrogens with one attached hydrogen (secondary N) is 1. The van der Waals surface area contributed by atoms with Crippen LogP contribution in [0.2, 0.25) is 0 Å². The van der Waals surface area contributed by atoms with Gasteiger partial charge in [-0.05, 0) is 85.8 Å². The first-order valence-electron chi connectivity index (χ1n) is 12.6. The fraction of sp³-hybridized carbons (Fsp3) is 0.536. The number of carboxylic acids is 1. The van der Waals surface area contributed by atoms with Crippen LogP contribution in [0.25, 0.3) is 0 Å². The molecule has 0 radical (unpaired) electrons. The normalized spacial score (nSPS) is 26.4. The van der Waals surface area contributed by atoms with Crippen molar-refractivity contribution in [1.82, 2.24) is 5.32 Å². The molecule has 0 aliphatic heterocycles. The number of oxime groups is 1. The van der Waals surface area contributed by atoms with E-state index in [4.69, 9.17) is 4.84 Å². The molecule has 1 aromatic carbocycles. The zero-order chi connectivity index (χ0) is 26.3. The van der Waals surface area contributed by atoms with E-state index in [1.165, 1.54) is 16.9 Å². The topological polar surface area (TPSA) is 88.0 Å². The molecule has 3 atom stereocenters. The molecule has 1 fully saturated rings. The zero-order valence-electron chi connectivity index (χ0n) is 21.6. The van der Waals surface area contributed by atoms with Crippen molar-refractivity contribution in [3.05, 3.63) is 55.2 Å². The van der Waals surface area contributed by atoms with Gasteiger partial charge in [0.15, 0.2) is 0 Å². The molecule has 1 aromatic heterocycles. The highest BCUT2D eigenvalue weighted by molar-refractivity contribution is 9.10. The van der Waals surface area contributed by atoms with Gasteiger partial charge in [0.1, 0.15) is 6.61 Å². The number of benzene rings is 1. The van der Waals surface area contributed by atoms with E-state index in [2.05, 4.69) is 59.3 Å². The zero-order valence-corrected chi connectivity index (χ0v) is 24.0. The van der Waals surface area contributed by atoms with Gasteiger partial charge in [-0.15, -0.1) is 11.3 Å². The number of thiophene rings is 1. The lowest BCUT2D eigenvalue weighted by molar-refractivity contribution is -0.156. The first-order valence-corrected chi connectivity index (χ1v) is 14.2. The molecular formula is C28H35BrN2O4S. The molecule has 0 spiro atoms. The van der Waals surface area contributed by atoms with E-state index in [1.807, 2.05) is 26.0 Å². The Hall–Kier alpha value is -2.19. The number of carboxylic acid groups (broad SMARTS) is 1. The Morgan fingerprint density at radius 2 is 2.03 bits per heavy atom. The molecule has 194 valence electrons. The Labute approximate surface area is 225 Å². The third-order valence-corrected chi connectivity index (χ3v) is 9.81. The molecule has 0 unspecified atom stereocenters. The first-order chi connectivity index (χ1) is 17.0. The Bertz CT molecular complexity index is 1210. The average Bonchev–Trinajstić information content (AvgIpc) is 3.25. The number of rotatable bonds is 7. The van der Waals surface area contributed by atoms with Gasteiger partial charge in [0, 0.05) is 14.9 Å². The number of carbonyl (C=O) groups excluding carboxylic acids is 1. The molecule has 1 amide bonds. The number of fused-ring (bicyclic) bond motifs is 3. The number of aliphatic carboxylic acids is 1. The van der Waals surface area contributed by atoms with E-state index >= 15 is 0 Å². The minimum absolute atomic E-state index is 0.0929. The lowest BCUT2D eigenvalue weighted by Crippen LogP contribution is -2.53. The second kappa shape index (κ2) is 10.3. The van der Waals surface area contributed by atoms with Crippen LogP contribution < -0.4 is 5.32 Å². The number of nitrogens with zero attached hydrogens (tertiary/aromatic N) is 1. The van der Waals surface area contributed by atoms with Crippen LogP contribution in [-0.2, 0) is 15.0 Å². The van der Waals surface area contributed by atoms with Gasteiger partial charge < -0.3 is 15.3 Å². The third kappa shape index (κ3) is 4.86. The van der Waals surface area contributed by atoms with Gasteiger partial charge in [-0.25, -0.2) is 0 Å². The monoisotopic (exact) mass is 574 g/mol. The summed E-state index contributed by atoms with van der Waals surface area (Å²) < 4.78 is 1.05. The number of hydrogen-bond acceptors (Lipinski definition) is 5. The van der Waals surface area contributed by atoms with E-state index in [-0.39, 0.29) is 23.8 Å². The van der Waals surface area contributed by atoms with Crippen LogP contribution in [0.4, 0.5) is 0 Å². The maximum Gasteiger partial charge on any atom is 0.309 e. The maximum atomic E-state index is 12.5. The highest BCUT2D eigenvalue weighted by atomic mass is 79.9. The van der Waals surface area contributed by atoms with Gasteiger partial charge in [0.25, 0.3) is 5.91 Å². The quantitative estimate of drug-likeness (QED) is 0.286. The lowest BCUT2D eigenvalue weighted by Gasteiger charge is -2.53. The number of aryl methyl sites for hydroxylation is 1. The predicted octanol–water partition coefficient (Wildman–Crippen LogP) is 6.65. The summed E-state index contributed by atoms with van der Waals surface area (Å²) in [4.78, 5) is 32.2. The number of amides is 1. The molecule has 2 N–H and O–H groups in total. The molecule has 2 aliphatic rings. The Morgan fingerprint density at radius 1 is 1.28 bits per heavy atom. The molecule has 0 bridgehead atoms. The fourth-order valence-corrected chi connectivity index (χ4v) is 7.60. The van der Waals surface area contributed by atoms with Gasteiger partial charge in [-0.1, -0.05) is 48.3 Å². The maximum absolute atomic E-state index is 12.5. The van der Waals surface area contributed by atoms with Crippen molar-refractivity contribution in [3.63, 3.8) is 0 Å². The molecule has 2 aliphatic carbocycles. The van der Waals surface area contributed by atoms with E-state index < -0.39 is 11.4 Å². The van der Waals surface area contributed by atoms with Crippen molar-refractivity contribution in [2.45, 2.75) is 71.6 Å². The van der Waals surface area contributed by atoms with Crippen molar-refractivity contribution in [2.24, 2.45) is 16.5 Å². The van der Waals surface area contributed by atoms with Crippen molar-refractivity contribution < 1.29 is 19.5 Å². The highest BCUT2D eigenvalue weighted by Gasteiger charge is 2.56. The van der Waals surface area contributed by atoms with Crippen molar-refractivity contribution in [2.75, 3.05) is 13.2 Å². The van der Waals surface area contributed by atoms with Gasteiger partial charge in [-0.2, -0.15) is 0 Å². The van der Waals surface area contributed by atoms with E-state index in [0.717, 1.165) is 39.0 Å². The largest absolute Gasteiger partial charge is 0.481 e. The first kappa shape index (κ1) is 26.9. The fourth-order valence-electron chi connectivity index (χ4n) is 6.01. The number of hydrogen-bond donors (Lipinski definition) is 2. The van der Waals surface area contributed by atoms with Gasteiger partial charge in [0.05, 0.1) is 22.5 Å². The van der Waals surface area contributed by atoms with Crippen LogP contribution in [0.3, 0.4) is 0 Å². The van der Waals surface area contributed by atoms with E-state index in [9.17, 15) is 14.7 Å². The summed E-state index contributed by atoms with van der Waals surface area (Å²) in [5.74, 6) is -0.630. The molecule has 0 saturated heterocycles. The molecule has 1 heterocycles. The van der Waals surface area contributed by atoms with Crippen LogP contribution in [0.1, 0.15) is 90.5 Å². The van der Waals surface area contributed by atoms with Crippen molar-refractivity contribution >= 4 is 44.9 Å². The Morgan fingerprint density at radius 3 is 2.67 bits per heavy atom. The summed E-state index contributed by atoms with van der Waals surface area (Å²) in [7, 11) is 0. The summed E-state index contributed by atoms with van der Waals surface area (Å²) in [6.45, 7) is 11.0. The summed E-state index contributed by atoms with van der Waals surface area (Å²) in [5.41, 5.74) is 3.08. The standard InChI is InChI=1S/C28H35BrN2O4S/c1-16(2)18-13-19-20(14-21(18)29)27(4)9-6-10-28(5,26(33)34)24(27)15-22(19)31-35-12-11-30-25(32)23-8-7-17(3)36-23/h7-8,13-14,16,24H,6,9-12,15H2,1-5H3,(H,30,32)(H,33,34)/b31-22+/t24-,27-,28-/m1/s1. The number of halogens is 1. The van der Waals surface area contributed by atoms with Crippen LogP contribution in [0, 0.1) is 18.3 Å². The highest BCUT2D eigenvalue weighted by Crippen LogP contribution is 2.58. The van der Waals surface area contributed by atoms with E-state index in [0.29, 0.717) is 30.2 Å². The minimum Gasteiger partial charge on any atom is -0.481 e.